The van der Waals surface area contributed by atoms with Gasteiger partial charge in [0.1, 0.15) is 0 Å². The minimum Gasteiger partial charge on any atom is -0.239 e. The fraction of sp³-hybridized carbons (Fsp3) is 0. The molecule has 0 N–H and O–H groups in total. The number of rotatable bonds is 1. The van der Waals surface area contributed by atoms with E-state index < -0.39 is 5.97 Å². The Morgan fingerprint density at radius 3 is 2.75 bits per heavy atom. The van der Waals surface area contributed by atoms with Crippen molar-refractivity contribution in [1.82, 2.24) is 4.98 Å². The highest BCUT2D eigenvalue weighted by atomic mass is 32.1. The van der Waals surface area contributed by atoms with Gasteiger partial charge in [0.05, 0.1) is 0 Å². The van der Waals surface area contributed by atoms with Crippen LogP contribution in [0.2, 0.25) is 0 Å². The molecule has 1 rings (SSSR count). The van der Waals surface area contributed by atoms with Crippen LogP contribution >= 0.6 is 11.3 Å². The summed E-state index contributed by atoms with van der Waals surface area (Å²) in [6.45, 7) is 0. The highest BCUT2D eigenvalue weighted by molar-refractivity contribution is 7.11. The predicted molar refractivity (Wildman–Crippen MR) is 27.1 cm³/mol. The van der Waals surface area contributed by atoms with E-state index in [2.05, 4.69) is 4.98 Å². The van der Waals surface area contributed by atoms with Crippen molar-refractivity contribution in [3.05, 3.63) is 16.6 Å². The molecule has 0 atom stereocenters. The molecule has 41 valence electrons. The molecule has 1 radical (unpaired) electrons. The van der Waals surface area contributed by atoms with Crippen LogP contribution in [0, 0.1) is 0 Å². The van der Waals surface area contributed by atoms with Crippen molar-refractivity contribution >= 4 is 17.3 Å². The SMILES string of the molecule is [O]C(=O)c1nccs1. The van der Waals surface area contributed by atoms with Gasteiger partial charge in [-0.05, 0) is 0 Å². The van der Waals surface area contributed by atoms with Crippen molar-refractivity contribution in [2.45, 2.75) is 0 Å². The van der Waals surface area contributed by atoms with Crippen molar-refractivity contribution in [1.29, 1.82) is 0 Å². The molecule has 0 bridgehead atoms. The fourth-order valence-electron chi connectivity index (χ4n) is 0.324. The summed E-state index contributed by atoms with van der Waals surface area (Å²) in [5.74, 6) is -1.21. The zero-order valence-electron chi connectivity index (χ0n) is 3.83. The van der Waals surface area contributed by atoms with Crippen LogP contribution in [0.25, 0.3) is 0 Å². The molecule has 0 unspecified atom stereocenters. The smallest absolute Gasteiger partial charge is 0.239 e. The summed E-state index contributed by atoms with van der Waals surface area (Å²) in [6.07, 6.45) is 1.43. The lowest BCUT2D eigenvalue weighted by Crippen LogP contribution is -1.90. The van der Waals surface area contributed by atoms with Crippen molar-refractivity contribution in [3.8, 4) is 0 Å². The zero-order chi connectivity index (χ0) is 5.98. The van der Waals surface area contributed by atoms with Crippen LogP contribution in [-0.4, -0.2) is 11.0 Å². The first kappa shape index (κ1) is 5.24. The molecule has 1 aromatic rings. The third-order valence-corrected chi connectivity index (χ3v) is 1.36. The van der Waals surface area contributed by atoms with Crippen LogP contribution in [0.4, 0.5) is 0 Å². The van der Waals surface area contributed by atoms with Gasteiger partial charge >= 0.3 is 5.97 Å². The first-order valence-corrected chi connectivity index (χ1v) is 2.79. The van der Waals surface area contributed by atoms with Crippen molar-refractivity contribution in [3.63, 3.8) is 0 Å². The average Bonchev–Trinajstić information content (AvgIpc) is 2.12. The predicted octanol–water partition coefficient (Wildman–Crippen LogP) is 0.714. The molecule has 8 heavy (non-hydrogen) atoms. The minimum atomic E-state index is -1.21. The van der Waals surface area contributed by atoms with E-state index in [0.29, 0.717) is 0 Å². The summed E-state index contributed by atoms with van der Waals surface area (Å²) in [6, 6.07) is 0. The molecule has 0 fully saturated rings. The molecule has 0 aliphatic heterocycles. The molecule has 0 saturated carbocycles. The molecule has 0 aromatic carbocycles. The standard InChI is InChI=1S/C4H2NO2S/c6-4(7)3-5-1-2-8-3/h1-2H. The number of thiazole rings is 1. The van der Waals surface area contributed by atoms with Gasteiger partial charge in [0.25, 0.3) is 0 Å². The van der Waals surface area contributed by atoms with Crippen molar-refractivity contribution in [2.24, 2.45) is 0 Å². The second kappa shape index (κ2) is 1.92. The lowest BCUT2D eigenvalue weighted by atomic mass is 10.7. The van der Waals surface area contributed by atoms with E-state index in [1.54, 1.807) is 5.38 Å². The number of carbonyl (C=O) groups excluding carboxylic acids is 1. The van der Waals surface area contributed by atoms with Gasteiger partial charge in [0.15, 0.2) is 0 Å². The van der Waals surface area contributed by atoms with Crippen molar-refractivity contribution in [2.75, 3.05) is 0 Å². The van der Waals surface area contributed by atoms with Gasteiger partial charge in [-0.1, -0.05) is 0 Å². The highest BCUT2D eigenvalue weighted by Crippen LogP contribution is 2.02. The topological polar surface area (TPSA) is 49.9 Å². The maximum Gasteiger partial charge on any atom is 0.414 e. The minimum absolute atomic E-state index is 0.0324. The molecular weight excluding hydrogens is 126 g/mol. The monoisotopic (exact) mass is 128 g/mol. The lowest BCUT2D eigenvalue weighted by Gasteiger charge is -1.72. The Hall–Kier alpha value is -0.900. The van der Waals surface area contributed by atoms with E-state index in [1.807, 2.05) is 0 Å². The van der Waals surface area contributed by atoms with Gasteiger partial charge in [-0.15, -0.1) is 11.3 Å². The fourth-order valence-corrected chi connectivity index (χ4v) is 0.793. The summed E-state index contributed by atoms with van der Waals surface area (Å²) in [4.78, 5) is 13.4. The second-order valence-corrected chi connectivity index (χ2v) is 2.02. The molecule has 0 aliphatic rings. The van der Waals surface area contributed by atoms with E-state index >= 15 is 0 Å². The number of nitrogens with zero attached hydrogens (tertiary/aromatic N) is 1. The Labute approximate surface area is 49.6 Å². The first-order chi connectivity index (χ1) is 3.80. The number of aromatic nitrogens is 1. The van der Waals surface area contributed by atoms with Crippen LogP contribution in [0.3, 0.4) is 0 Å². The Morgan fingerprint density at radius 1 is 1.75 bits per heavy atom. The first-order valence-electron chi connectivity index (χ1n) is 1.91. The molecule has 0 amide bonds. The summed E-state index contributed by atoms with van der Waals surface area (Å²) in [5.41, 5.74) is 0. The largest absolute Gasteiger partial charge is 0.414 e. The molecule has 0 saturated heterocycles. The van der Waals surface area contributed by atoms with Crippen molar-refractivity contribution < 1.29 is 9.90 Å². The lowest BCUT2D eigenvalue weighted by molar-refractivity contribution is 0.0573. The van der Waals surface area contributed by atoms with Crippen LogP contribution in [0.1, 0.15) is 9.80 Å². The van der Waals surface area contributed by atoms with Gasteiger partial charge in [-0.25, -0.2) is 14.9 Å². The van der Waals surface area contributed by atoms with E-state index in [1.165, 1.54) is 6.20 Å². The molecule has 0 aliphatic carbocycles. The van der Waals surface area contributed by atoms with E-state index in [0.717, 1.165) is 11.3 Å². The maximum atomic E-state index is 9.90. The molecule has 0 spiro atoms. The second-order valence-electron chi connectivity index (χ2n) is 1.12. The molecule has 1 aromatic heterocycles. The van der Waals surface area contributed by atoms with Gasteiger partial charge in [0.2, 0.25) is 5.01 Å². The normalized spacial score (nSPS) is 9.00. The molecule has 1 heterocycles. The zero-order valence-corrected chi connectivity index (χ0v) is 4.64. The molecule has 3 nitrogen and oxygen atoms in total. The van der Waals surface area contributed by atoms with E-state index in [4.69, 9.17) is 0 Å². The Kier molecular flexibility index (Phi) is 1.26. The Bertz CT molecular complexity index is 182. The number of carbonyl (C=O) groups is 1. The Balaban J connectivity index is 2.93. The van der Waals surface area contributed by atoms with Gasteiger partial charge < -0.3 is 0 Å². The van der Waals surface area contributed by atoms with Crippen LogP contribution in [0.5, 0.6) is 0 Å². The van der Waals surface area contributed by atoms with Gasteiger partial charge in [0, 0.05) is 11.6 Å². The average molecular weight is 128 g/mol. The van der Waals surface area contributed by atoms with Gasteiger partial charge in [-0.2, -0.15) is 0 Å². The Morgan fingerprint density at radius 2 is 2.50 bits per heavy atom. The quantitative estimate of drug-likeness (QED) is 0.559. The van der Waals surface area contributed by atoms with E-state index in [-0.39, 0.29) is 5.01 Å². The summed E-state index contributed by atoms with van der Waals surface area (Å²) in [7, 11) is 0. The summed E-state index contributed by atoms with van der Waals surface area (Å²) >= 11 is 1.06. The van der Waals surface area contributed by atoms with Crippen LogP contribution in [0.15, 0.2) is 11.6 Å². The number of hydrogen-bond acceptors (Lipinski definition) is 3. The third-order valence-electron chi connectivity index (χ3n) is 0.607. The van der Waals surface area contributed by atoms with Crippen LogP contribution in [-0.2, 0) is 5.11 Å². The molecule has 4 heteroatoms. The van der Waals surface area contributed by atoms with Gasteiger partial charge in [-0.3, -0.25) is 0 Å². The number of hydrogen-bond donors (Lipinski definition) is 0. The van der Waals surface area contributed by atoms with E-state index in [9.17, 15) is 9.90 Å². The highest BCUT2D eigenvalue weighted by Gasteiger charge is 2.04. The third kappa shape index (κ3) is 0.840. The summed E-state index contributed by atoms with van der Waals surface area (Å²) < 4.78 is 0. The van der Waals surface area contributed by atoms with Crippen LogP contribution < -0.4 is 0 Å². The maximum absolute atomic E-state index is 9.90. The molecular formula is C4H2NO2S. The summed E-state index contributed by atoms with van der Waals surface area (Å²) in [5, 5.41) is 11.5.